The number of rotatable bonds is 4. The van der Waals surface area contributed by atoms with E-state index in [4.69, 9.17) is 0 Å². The van der Waals surface area contributed by atoms with Gasteiger partial charge in [-0.25, -0.2) is 9.78 Å². The van der Waals surface area contributed by atoms with E-state index in [0.717, 1.165) is 22.4 Å². The molecule has 0 unspecified atom stereocenters. The second-order valence-electron chi connectivity index (χ2n) is 5.69. The summed E-state index contributed by atoms with van der Waals surface area (Å²) in [5.41, 5.74) is 1.75. The van der Waals surface area contributed by atoms with Gasteiger partial charge in [-0.2, -0.15) is 5.10 Å². The topological polar surface area (TPSA) is 76.8 Å². The third kappa shape index (κ3) is 3.18. The molecule has 2 N–H and O–H groups in total. The highest BCUT2D eigenvalue weighted by molar-refractivity contribution is 5.92. The highest BCUT2D eigenvalue weighted by Gasteiger charge is 2.08. The second-order valence-corrected chi connectivity index (χ2v) is 5.69. The van der Waals surface area contributed by atoms with Crippen LogP contribution in [-0.2, 0) is 13.6 Å². The lowest BCUT2D eigenvalue weighted by atomic mass is 10.2. The Morgan fingerprint density at radius 1 is 1.35 bits per heavy atom. The number of fused-ring (bicyclic) bond motifs is 1. The van der Waals surface area contributed by atoms with E-state index in [9.17, 15) is 4.79 Å². The summed E-state index contributed by atoms with van der Waals surface area (Å²) in [6.07, 6.45) is 5.43. The summed E-state index contributed by atoms with van der Waals surface area (Å²) in [4.78, 5) is 16.3. The van der Waals surface area contributed by atoms with Crippen LogP contribution in [0.25, 0.3) is 10.9 Å². The van der Waals surface area contributed by atoms with Gasteiger partial charge in [-0.15, -0.1) is 0 Å². The third-order valence-corrected chi connectivity index (χ3v) is 3.72. The van der Waals surface area contributed by atoms with Crippen molar-refractivity contribution in [1.82, 2.24) is 24.6 Å². The van der Waals surface area contributed by atoms with Crippen LogP contribution in [0.15, 0.2) is 36.8 Å². The second kappa shape index (κ2) is 6.12. The molecule has 0 bridgehead atoms. The van der Waals surface area contributed by atoms with Gasteiger partial charge in [-0.05, 0) is 32.0 Å². The van der Waals surface area contributed by atoms with Crippen molar-refractivity contribution in [3.05, 3.63) is 42.6 Å². The smallest absolute Gasteiger partial charge is 0.319 e. The fraction of sp³-hybridized carbons (Fsp3) is 0.312. The maximum atomic E-state index is 12.1. The Morgan fingerprint density at radius 2 is 2.17 bits per heavy atom. The molecule has 7 nitrogen and oxygen atoms in total. The van der Waals surface area contributed by atoms with Gasteiger partial charge in [-0.1, -0.05) is 0 Å². The predicted molar refractivity (Wildman–Crippen MR) is 89.2 cm³/mol. The number of nitrogens with zero attached hydrogens (tertiary/aromatic N) is 4. The van der Waals surface area contributed by atoms with Gasteiger partial charge < -0.3 is 15.2 Å². The number of aromatic nitrogens is 4. The van der Waals surface area contributed by atoms with E-state index >= 15 is 0 Å². The molecule has 0 aliphatic rings. The van der Waals surface area contributed by atoms with E-state index in [0.29, 0.717) is 12.6 Å². The first-order valence-corrected chi connectivity index (χ1v) is 7.53. The van der Waals surface area contributed by atoms with Crippen LogP contribution < -0.4 is 10.6 Å². The van der Waals surface area contributed by atoms with Gasteiger partial charge in [0.1, 0.15) is 5.82 Å². The van der Waals surface area contributed by atoms with Crippen LogP contribution >= 0.6 is 0 Å². The zero-order chi connectivity index (χ0) is 16.4. The molecule has 2 amide bonds. The van der Waals surface area contributed by atoms with E-state index < -0.39 is 0 Å². The fourth-order valence-corrected chi connectivity index (χ4v) is 2.53. The average molecular weight is 312 g/mol. The standard InChI is InChI=1S/C16H20N6O/c1-11(2)22-7-6-17-15(22)10-18-16(23)20-13-4-5-14-12(8-13)9-19-21(14)3/h4-9,11H,10H2,1-3H3,(H2,18,20,23). The van der Waals surface area contributed by atoms with Crippen LogP contribution in [-0.4, -0.2) is 25.4 Å². The number of hydrogen-bond acceptors (Lipinski definition) is 3. The van der Waals surface area contributed by atoms with Gasteiger partial charge in [-0.3, -0.25) is 4.68 Å². The number of hydrogen-bond donors (Lipinski definition) is 2. The van der Waals surface area contributed by atoms with Crippen molar-refractivity contribution in [3.8, 4) is 0 Å². The molecule has 2 aromatic heterocycles. The number of imidazole rings is 1. The maximum Gasteiger partial charge on any atom is 0.319 e. The molecule has 120 valence electrons. The summed E-state index contributed by atoms with van der Waals surface area (Å²) in [5, 5.41) is 10.8. The lowest BCUT2D eigenvalue weighted by Crippen LogP contribution is -2.29. The minimum atomic E-state index is -0.258. The van der Waals surface area contributed by atoms with Crippen LogP contribution in [0.4, 0.5) is 10.5 Å². The first kappa shape index (κ1) is 15.1. The number of anilines is 1. The van der Waals surface area contributed by atoms with Gasteiger partial charge in [0.05, 0.1) is 18.3 Å². The van der Waals surface area contributed by atoms with Crippen molar-refractivity contribution >= 4 is 22.6 Å². The van der Waals surface area contributed by atoms with Crippen LogP contribution in [0.5, 0.6) is 0 Å². The molecule has 0 aliphatic heterocycles. The molecule has 3 aromatic rings. The van der Waals surface area contributed by atoms with Crippen molar-refractivity contribution in [1.29, 1.82) is 0 Å². The quantitative estimate of drug-likeness (QED) is 0.777. The van der Waals surface area contributed by atoms with Crippen molar-refractivity contribution in [2.75, 3.05) is 5.32 Å². The van der Waals surface area contributed by atoms with Crippen LogP contribution in [0.1, 0.15) is 25.7 Å². The van der Waals surface area contributed by atoms with Crippen LogP contribution in [0.3, 0.4) is 0 Å². The molecular weight excluding hydrogens is 292 g/mol. The van der Waals surface area contributed by atoms with E-state index in [1.165, 1.54) is 0 Å². The molecule has 0 radical (unpaired) electrons. The molecule has 1 aromatic carbocycles. The Labute approximate surface area is 134 Å². The van der Waals surface area contributed by atoms with Crippen LogP contribution in [0, 0.1) is 0 Å². The summed E-state index contributed by atoms with van der Waals surface area (Å²) >= 11 is 0. The summed E-state index contributed by atoms with van der Waals surface area (Å²) in [5.74, 6) is 0.831. The predicted octanol–water partition coefficient (Wildman–Crippen LogP) is 2.67. The molecular formula is C16H20N6O. The molecule has 0 fully saturated rings. The summed E-state index contributed by atoms with van der Waals surface area (Å²) in [6, 6.07) is 5.75. The minimum absolute atomic E-state index is 0.258. The van der Waals surface area contributed by atoms with Gasteiger partial charge in [0.15, 0.2) is 0 Å². The lowest BCUT2D eigenvalue weighted by molar-refractivity contribution is 0.251. The Morgan fingerprint density at radius 3 is 2.96 bits per heavy atom. The Bertz CT molecular complexity index is 832. The first-order chi connectivity index (χ1) is 11.0. The number of aryl methyl sites for hydroxylation is 1. The molecule has 0 saturated carbocycles. The van der Waals surface area contributed by atoms with Gasteiger partial charge in [0, 0.05) is 36.6 Å². The summed E-state index contributed by atoms with van der Waals surface area (Å²) in [6.45, 7) is 4.54. The number of benzene rings is 1. The molecule has 23 heavy (non-hydrogen) atoms. The first-order valence-electron chi connectivity index (χ1n) is 7.53. The summed E-state index contributed by atoms with van der Waals surface area (Å²) in [7, 11) is 1.89. The van der Waals surface area contributed by atoms with E-state index in [-0.39, 0.29) is 6.03 Å². The van der Waals surface area contributed by atoms with Gasteiger partial charge in [0.25, 0.3) is 0 Å². The van der Waals surface area contributed by atoms with Gasteiger partial charge in [0.2, 0.25) is 0 Å². The largest absolute Gasteiger partial charge is 0.331 e. The van der Waals surface area contributed by atoms with Crippen LogP contribution in [0.2, 0.25) is 0 Å². The molecule has 7 heteroatoms. The maximum absolute atomic E-state index is 12.1. The van der Waals surface area contributed by atoms with Crippen molar-refractivity contribution < 1.29 is 4.79 Å². The van der Waals surface area contributed by atoms with E-state index in [2.05, 4.69) is 34.6 Å². The molecule has 3 rings (SSSR count). The number of amides is 2. The SMILES string of the molecule is CC(C)n1ccnc1CNC(=O)Nc1ccc2c(cnn2C)c1. The highest BCUT2D eigenvalue weighted by atomic mass is 16.2. The normalized spacial score (nSPS) is 11.1. The minimum Gasteiger partial charge on any atom is -0.331 e. The van der Waals surface area contributed by atoms with Gasteiger partial charge >= 0.3 is 6.03 Å². The fourth-order valence-electron chi connectivity index (χ4n) is 2.53. The molecule has 0 aliphatic carbocycles. The highest BCUT2D eigenvalue weighted by Crippen LogP contribution is 2.18. The Kier molecular flexibility index (Phi) is 4.01. The lowest BCUT2D eigenvalue weighted by Gasteiger charge is -2.12. The van der Waals surface area contributed by atoms with E-state index in [1.807, 2.05) is 36.0 Å². The summed E-state index contributed by atoms with van der Waals surface area (Å²) < 4.78 is 3.83. The zero-order valence-corrected chi connectivity index (χ0v) is 13.4. The number of carbonyl (C=O) groups is 1. The van der Waals surface area contributed by atoms with Crippen molar-refractivity contribution in [2.24, 2.45) is 7.05 Å². The monoisotopic (exact) mass is 312 g/mol. The van der Waals surface area contributed by atoms with Crippen molar-refractivity contribution in [3.63, 3.8) is 0 Å². The number of carbonyl (C=O) groups excluding carboxylic acids is 1. The Hall–Kier alpha value is -2.83. The average Bonchev–Trinajstić information content (AvgIpc) is 3.12. The molecule has 0 spiro atoms. The Balaban J connectivity index is 1.63. The molecule has 2 heterocycles. The molecule has 0 atom stereocenters. The number of urea groups is 1. The zero-order valence-electron chi connectivity index (χ0n) is 13.4. The molecule has 0 saturated heterocycles. The van der Waals surface area contributed by atoms with Crippen molar-refractivity contribution in [2.45, 2.75) is 26.4 Å². The third-order valence-electron chi connectivity index (χ3n) is 3.72. The number of nitrogens with one attached hydrogen (secondary N) is 2. The van der Waals surface area contributed by atoms with E-state index in [1.54, 1.807) is 17.1 Å².